The zero-order chi connectivity index (χ0) is 14.6. The first-order valence-corrected chi connectivity index (χ1v) is 7.32. The number of hydrogen-bond acceptors (Lipinski definition) is 3. The monoisotopic (exact) mass is 278 g/mol. The molecule has 20 heavy (non-hydrogen) atoms. The van der Waals surface area contributed by atoms with Crippen LogP contribution in [0.5, 0.6) is 0 Å². The number of benzene rings is 1. The van der Waals surface area contributed by atoms with Crippen molar-refractivity contribution in [3.8, 4) is 0 Å². The zero-order valence-corrected chi connectivity index (χ0v) is 12.3. The molecular formula is C16H26N2O2. The standard InChI is InChI=1S/C16H26N2O2/c1-14(17)7-5-10-16(19)18-11-6-12-20-13-15-8-3-2-4-9-15/h2-4,8-9,14H,5-7,10-13,17H2,1H3,(H,18,19). The molecule has 0 radical (unpaired) electrons. The third-order valence-corrected chi connectivity index (χ3v) is 2.96. The highest BCUT2D eigenvalue weighted by Crippen LogP contribution is 2.01. The number of carbonyl (C=O) groups is 1. The summed E-state index contributed by atoms with van der Waals surface area (Å²) in [5.74, 6) is 0.105. The largest absolute Gasteiger partial charge is 0.377 e. The average Bonchev–Trinajstić information content (AvgIpc) is 2.43. The fourth-order valence-corrected chi connectivity index (χ4v) is 1.84. The lowest BCUT2D eigenvalue weighted by Gasteiger charge is -2.07. The van der Waals surface area contributed by atoms with Crippen molar-refractivity contribution in [2.45, 2.75) is 45.3 Å². The van der Waals surface area contributed by atoms with Crippen LogP contribution in [0.25, 0.3) is 0 Å². The van der Waals surface area contributed by atoms with Crippen LogP contribution in [0.15, 0.2) is 30.3 Å². The summed E-state index contributed by atoms with van der Waals surface area (Å²) in [6.45, 7) is 3.92. The van der Waals surface area contributed by atoms with Gasteiger partial charge in [-0.2, -0.15) is 0 Å². The van der Waals surface area contributed by atoms with Crippen molar-refractivity contribution in [3.05, 3.63) is 35.9 Å². The van der Waals surface area contributed by atoms with Crippen LogP contribution in [0.1, 0.15) is 38.2 Å². The van der Waals surface area contributed by atoms with E-state index in [1.807, 2.05) is 37.3 Å². The maximum absolute atomic E-state index is 11.5. The Balaban J connectivity index is 1.93. The number of ether oxygens (including phenoxy) is 1. The molecule has 0 fully saturated rings. The molecule has 1 atom stereocenters. The fourth-order valence-electron chi connectivity index (χ4n) is 1.84. The number of nitrogens with one attached hydrogen (secondary N) is 1. The summed E-state index contributed by atoms with van der Waals surface area (Å²) in [7, 11) is 0. The first-order valence-electron chi connectivity index (χ1n) is 7.32. The Morgan fingerprint density at radius 2 is 2.05 bits per heavy atom. The Morgan fingerprint density at radius 1 is 1.30 bits per heavy atom. The van der Waals surface area contributed by atoms with Gasteiger partial charge < -0.3 is 15.8 Å². The van der Waals surface area contributed by atoms with Crippen LogP contribution < -0.4 is 11.1 Å². The van der Waals surface area contributed by atoms with Crippen LogP contribution in [0.2, 0.25) is 0 Å². The Labute approximate surface area is 121 Å². The molecule has 112 valence electrons. The molecule has 1 amide bonds. The van der Waals surface area contributed by atoms with Crippen molar-refractivity contribution in [2.75, 3.05) is 13.2 Å². The molecule has 0 saturated carbocycles. The van der Waals surface area contributed by atoms with Gasteiger partial charge in [-0.15, -0.1) is 0 Å². The van der Waals surface area contributed by atoms with Crippen molar-refractivity contribution >= 4 is 5.91 Å². The van der Waals surface area contributed by atoms with Crippen LogP contribution in [0.3, 0.4) is 0 Å². The summed E-state index contributed by atoms with van der Waals surface area (Å²) in [5.41, 5.74) is 6.81. The Morgan fingerprint density at radius 3 is 2.75 bits per heavy atom. The second-order valence-corrected chi connectivity index (χ2v) is 5.11. The summed E-state index contributed by atoms with van der Waals surface area (Å²) < 4.78 is 5.55. The van der Waals surface area contributed by atoms with Crippen molar-refractivity contribution in [3.63, 3.8) is 0 Å². The molecule has 0 spiro atoms. The minimum Gasteiger partial charge on any atom is -0.377 e. The van der Waals surface area contributed by atoms with Crippen LogP contribution in [-0.4, -0.2) is 25.1 Å². The van der Waals surface area contributed by atoms with E-state index in [1.54, 1.807) is 0 Å². The van der Waals surface area contributed by atoms with Crippen molar-refractivity contribution < 1.29 is 9.53 Å². The molecule has 1 aromatic rings. The topological polar surface area (TPSA) is 64.4 Å². The molecule has 0 aromatic heterocycles. The molecule has 0 bridgehead atoms. The smallest absolute Gasteiger partial charge is 0.219 e. The highest BCUT2D eigenvalue weighted by Gasteiger charge is 2.01. The van der Waals surface area contributed by atoms with Gasteiger partial charge in [-0.1, -0.05) is 30.3 Å². The fraction of sp³-hybridized carbons (Fsp3) is 0.562. The number of hydrogen-bond donors (Lipinski definition) is 2. The normalized spacial score (nSPS) is 12.1. The molecule has 0 heterocycles. The molecule has 4 nitrogen and oxygen atoms in total. The Kier molecular flexibility index (Phi) is 8.67. The number of carbonyl (C=O) groups excluding carboxylic acids is 1. The Hall–Kier alpha value is -1.39. The van der Waals surface area contributed by atoms with Gasteiger partial charge in [0.15, 0.2) is 0 Å². The van der Waals surface area contributed by atoms with Gasteiger partial charge in [0.05, 0.1) is 6.61 Å². The minimum absolute atomic E-state index is 0.105. The summed E-state index contributed by atoms with van der Waals surface area (Å²) in [6.07, 6.45) is 3.15. The van der Waals surface area contributed by atoms with Crippen LogP contribution in [0.4, 0.5) is 0 Å². The highest BCUT2D eigenvalue weighted by molar-refractivity contribution is 5.75. The SMILES string of the molecule is CC(N)CCCC(=O)NCCCOCc1ccccc1. The molecule has 0 aliphatic heterocycles. The van der Waals surface area contributed by atoms with Crippen LogP contribution >= 0.6 is 0 Å². The molecule has 0 saturated heterocycles. The highest BCUT2D eigenvalue weighted by atomic mass is 16.5. The third kappa shape index (κ3) is 8.67. The van der Waals surface area contributed by atoms with E-state index in [9.17, 15) is 4.79 Å². The van der Waals surface area contributed by atoms with Crippen LogP contribution in [-0.2, 0) is 16.1 Å². The van der Waals surface area contributed by atoms with Crippen molar-refractivity contribution in [1.29, 1.82) is 0 Å². The van der Waals surface area contributed by atoms with Gasteiger partial charge in [0.1, 0.15) is 0 Å². The quantitative estimate of drug-likeness (QED) is 0.645. The second kappa shape index (κ2) is 10.4. The predicted octanol–water partition coefficient (Wildman–Crippen LogP) is 2.23. The predicted molar refractivity (Wildman–Crippen MR) is 81.2 cm³/mol. The lowest BCUT2D eigenvalue weighted by atomic mass is 10.1. The minimum atomic E-state index is 0.105. The van der Waals surface area contributed by atoms with Gasteiger partial charge in [0.25, 0.3) is 0 Å². The van der Waals surface area contributed by atoms with E-state index in [-0.39, 0.29) is 11.9 Å². The Bertz CT molecular complexity index is 366. The molecule has 4 heteroatoms. The maximum atomic E-state index is 11.5. The zero-order valence-electron chi connectivity index (χ0n) is 12.3. The van der Waals surface area contributed by atoms with Crippen molar-refractivity contribution in [1.82, 2.24) is 5.32 Å². The number of amides is 1. The van der Waals surface area contributed by atoms with Gasteiger partial charge in [0.2, 0.25) is 5.91 Å². The summed E-state index contributed by atoms with van der Waals surface area (Å²) in [4.78, 5) is 11.5. The van der Waals surface area contributed by atoms with Crippen LogP contribution in [0, 0.1) is 0 Å². The van der Waals surface area contributed by atoms with Gasteiger partial charge in [0, 0.05) is 25.6 Å². The molecule has 1 unspecified atom stereocenters. The molecule has 0 aliphatic carbocycles. The lowest BCUT2D eigenvalue weighted by Crippen LogP contribution is -2.25. The van der Waals surface area contributed by atoms with E-state index in [2.05, 4.69) is 5.32 Å². The van der Waals surface area contributed by atoms with Gasteiger partial charge in [-0.3, -0.25) is 4.79 Å². The molecule has 3 N–H and O–H groups in total. The second-order valence-electron chi connectivity index (χ2n) is 5.11. The summed E-state index contributed by atoms with van der Waals surface area (Å²) >= 11 is 0. The number of nitrogens with two attached hydrogens (primary N) is 1. The first kappa shape index (κ1) is 16.7. The summed E-state index contributed by atoms with van der Waals surface area (Å²) in [5, 5.41) is 2.90. The molecule has 1 rings (SSSR count). The molecule has 0 aliphatic rings. The average molecular weight is 278 g/mol. The molecular weight excluding hydrogens is 252 g/mol. The van der Waals surface area contributed by atoms with E-state index in [4.69, 9.17) is 10.5 Å². The third-order valence-electron chi connectivity index (χ3n) is 2.96. The van der Waals surface area contributed by atoms with E-state index in [0.717, 1.165) is 19.3 Å². The summed E-state index contributed by atoms with van der Waals surface area (Å²) in [6, 6.07) is 10.3. The van der Waals surface area contributed by atoms with E-state index in [0.29, 0.717) is 26.2 Å². The molecule has 1 aromatic carbocycles. The van der Waals surface area contributed by atoms with Gasteiger partial charge in [-0.25, -0.2) is 0 Å². The maximum Gasteiger partial charge on any atom is 0.219 e. The van der Waals surface area contributed by atoms with E-state index < -0.39 is 0 Å². The first-order chi connectivity index (χ1) is 9.68. The van der Waals surface area contributed by atoms with E-state index >= 15 is 0 Å². The number of rotatable bonds is 10. The van der Waals surface area contributed by atoms with Gasteiger partial charge >= 0.3 is 0 Å². The lowest BCUT2D eigenvalue weighted by molar-refractivity contribution is -0.121. The van der Waals surface area contributed by atoms with Crippen molar-refractivity contribution in [2.24, 2.45) is 5.73 Å². The van der Waals surface area contributed by atoms with Gasteiger partial charge in [-0.05, 0) is 31.7 Å². The van der Waals surface area contributed by atoms with E-state index in [1.165, 1.54) is 5.56 Å².